The Balaban J connectivity index is 3.79. The van der Waals surface area contributed by atoms with E-state index in [9.17, 15) is 0 Å². The minimum absolute atomic E-state index is 0.594. The van der Waals surface area contributed by atoms with Crippen molar-refractivity contribution in [2.45, 2.75) is 37.2 Å². The molecule has 0 radical (unpaired) electrons. The Morgan fingerprint density at radius 3 is 1.78 bits per heavy atom. The summed E-state index contributed by atoms with van der Waals surface area (Å²) < 4.78 is 4.07. The van der Waals surface area contributed by atoms with E-state index in [1.165, 1.54) is 5.25 Å². The van der Waals surface area contributed by atoms with Gasteiger partial charge in [-0.1, -0.05) is 0 Å². The van der Waals surface area contributed by atoms with Crippen LogP contribution in [0.25, 0.3) is 0 Å². The summed E-state index contributed by atoms with van der Waals surface area (Å²) in [6.45, 7) is 9.33. The van der Waals surface area contributed by atoms with Crippen LogP contribution in [0.1, 0.15) is 27.7 Å². The Bertz CT molecular complexity index is 71.5. The average molecular weight is 190 g/mol. The molecule has 0 aliphatic carbocycles. The molecule has 0 aliphatic heterocycles. The Hall–Kier alpha value is 0.503. The van der Waals surface area contributed by atoms with Crippen molar-refractivity contribution in [3.05, 3.63) is 0 Å². The summed E-state index contributed by atoms with van der Waals surface area (Å²) in [5.41, 5.74) is 0. The van der Waals surface area contributed by atoms with Crippen LogP contribution in [0.4, 0.5) is 0 Å². The Kier molecular flexibility index (Phi) is 3.82. The van der Waals surface area contributed by atoms with Crippen LogP contribution in [0.2, 0.25) is 9.50 Å². The van der Waals surface area contributed by atoms with Gasteiger partial charge in [-0.3, -0.25) is 0 Å². The summed E-state index contributed by atoms with van der Waals surface area (Å²) in [4.78, 5) is 0. The number of hydrogen-bond donors (Lipinski definition) is 1. The average Bonchev–Trinajstić information content (AvgIpc) is 1.65. The zero-order valence-corrected chi connectivity index (χ0v) is 9.71. The second-order valence-electron chi connectivity index (χ2n) is 3.62. The quantitative estimate of drug-likeness (QED) is 0.653. The van der Waals surface area contributed by atoms with Gasteiger partial charge in [0.1, 0.15) is 0 Å². The third-order valence-corrected chi connectivity index (χ3v) is 9.36. The molecule has 2 heteroatoms. The van der Waals surface area contributed by atoms with Gasteiger partial charge in [0, 0.05) is 0 Å². The first-order chi connectivity index (χ1) is 4.02. The molecule has 0 aromatic heterocycles. The molecule has 0 heterocycles. The number of rotatable bonds is 2. The summed E-state index contributed by atoms with van der Waals surface area (Å²) in [5.74, 6) is 0. The molecule has 1 atom stereocenters. The first-order valence-electron chi connectivity index (χ1n) is 3.69. The Labute approximate surface area is 63.6 Å². The van der Waals surface area contributed by atoms with E-state index in [2.05, 4.69) is 39.0 Å². The molecule has 0 aliphatic rings. The van der Waals surface area contributed by atoms with Gasteiger partial charge in [0.25, 0.3) is 0 Å². The summed E-state index contributed by atoms with van der Waals surface area (Å²) in [6, 6.07) is 0. The van der Waals surface area contributed by atoms with Crippen LogP contribution in [-0.4, -0.2) is 21.6 Å². The van der Waals surface area contributed by atoms with Crippen molar-refractivity contribution in [1.82, 2.24) is 4.27 Å². The molecule has 1 N–H and O–H groups in total. The fraction of sp³-hybridized carbons (Fsp3) is 1.00. The van der Waals surface area contributed by atoms with Gasteiger partial charge in [0.15, 0.2) is 0 Å². The summed E-state index contributed by atoms with van der Waals surface area (Å²) in [6.07, 6.45) is 0. The molecule has 0 rings (SSSR count). The van der Waals surface area contributed by atoms with Crippen LogP contribution in [0, 0.1) is 0 Å². The van der Waals surface area contributed by atoms with Crippen LogP contribution in [0.15, 0.2) is 0 Å². The molecule has 0 bridgehead atoms. The van der Waals surface area contributed by atoms with E-state index in [-0.39, 0.29) is 0 Å². The monoisotopic (exact) mass is 191 g/mol. The zero-order valence-electron chi connectivity index (χ0n) is 7.28. The standard InChI is InChI=1S/C7H19GeN/c1-6-8(9-5)7(2,3)4/h8-9H,6H2,1-5H3. The van der Waals surface area contributed by atoms with Gasteiger partial charge in [-0.2, -0.15) is 0 Å². The van der Waals surface area contributed by atoms with Gasteiger partial charge in [-0.15, -0.1) is 0 Å². The van der Waals surface area contributed by atoms with E-state index in [4.69, 9.17) is 0 Å². The van der Waals surface area contributed by atoms with E-state index in [0.29, 0.717) is 4.25 Å². The van der Waals surface area contributed by atoms with Gasteiger partial charge in [0.2, 0.25) is 0 Å². The van der Waals surface area contributed by atoms with Crippen molar-refractivity contribution in [2.24, 2.45) is 0 Å². The molecule has 56 valence electrons. The first-order valence-corrected chi connectivity index (χ1v) is 7.83. The summed E-state index contributed by atoms with van der Waals surface area (Å²) in [5, 5.41) is 1.40. The molecule has 0 spiro atoms. The molecule has 1 nitrogen and oxygen atoms in total. The molecule has 0 saturated heterocycles. The molecule has 0 saturated carbocycles. The fourth-order valence-electron chi connectivity index (χ4n) is 1.25. The topological polar surface area (TPSA) is 12.0 Å². The molecule has 0 amide bonds. The van der Waals surface area contributed by atoms with Crippen molar-refractivity contribution in [2.75, 3.05) is 7.05 Å². The SMILES string of the molecule is C[CH2][GeH]([NH]C)[C](C)(C)C. The molecule has 0 aromatic carbocycles. The van der Waals surface area contributed by atoms with Crippen molar-refractivity contribution >= 4 is 14.6 Å². The normalized spacial score (nSPS) is 15.7. The van der Waals surface area contributed by atoms with Gasteiger partial charge in [-0.05, 0) is 0 Å². The van der Waals surface area contributed by atoms with Crippen molar-refractivity contribution < 1.29 is 0 Å². The maximum atomic E-state index is 3.48. The second-order valence-corrected chi connectivity index (χ2v) is 12.5. The number of nitrogens with one attached hydrogen (secondary N) is 1. The minimum atomic E-state index is -1.08. The maximum absolute atomic E-state index is 3.48. The third kappa shape index (κ3) is 3.26. The van der Waals surface area contributed by atoms with E-state index >= 15 is 0 Å². The number of hydrogen-bond acceptors (Lipinski definition) is 1. The van der Waals surface area contributed by atoms with E-state index in [1.54, 1.807) is 0 Å². The molecule has 9 heavy (non-hydrogen) atoms. The van der Waals surface area contributed by atoms with E-state index < -0.39 is 14.6 Å². The fourth-order valence-corrected chi connectivity index (χ4v) is 6.49. The van der Waals surface area contributed by atoms with Gasteiger partial charge in [-0.25, -0.2) is 0 Å². The predicted molar refractivity (Wildman–Crippen MR) is 46.4 cm³/mol. The molecular weight excluding hydrogens is 171 g/mol. The van der Waals surface area contributed by atoms with Crippen LogP contribution < -0.4 is 4.27 Å². The third-order valence-electron chi connectivity index (χ3n) is 1.80. The Morgan fingerprint density at radius 2 is 1.78 bits per heavy atom. The van der Waals surface area contributed by atoms with Crippen LogP contribution >= 0.6 is 0 Å². The van der Waals surface area contributed by atoms with Gasteiger partial charge in [0.05, 0.1) is 0 Å². The zero-order chi connectivity index (χ0) is 7.49. The molecular formula is C7H19GeN. The molecule has 0 aromatic rings. The van der Waals surface area contributed by atoms with Crippen LogP contribution in [0.3, 0.4) is 0 Å². The summed E-state index contributed by atoms with van der Waals surface area (Å²) in [7, 11) is 2.11. The first kappa shape index (κ1) is 9.50. The van der Waals surface area contributed by atoms with E-state index in [0.717, 1.165) is 0 Å². The second kappa shape index (κ2) is 3.62. The van der Waals surface area contributed by atoms with Crippen molar-refractivity contribution in [3.8, 4) is 0 Å². The molecule has 0 fully saturated rings. The van der Waals surface area contributed by atoms with Crippen molar-refractivity contribution in [3.63, 3.8) is 0 Å². The van der Waals surface area contributed by atoms with Crippen LogP contribution in [-0.2, 0) is 0 Å². The van der Waals surface area contributed by atoms with E-state index in [1.807, 2.05) is 0 Å². The van der Waals surface area contributed by atoms with Crippen LogP contribution in [0.5, 0.6) is 0 Å². The Morgan fingerprint density at radius 1 is 1.33 bits per heavy atom. The predicted octanol–water partition coefficient (Wildman–Crippen LogP) is 1.75. The molecule has 1 unspecified atom stereocenters. The van der Waals surface area contributed by atoms with Crippen molar-refractivity contribution in [1.29, 1.82) is 0 Å². The summed E-state index contributed by atoms with van der Waals surface area (Å²) >= 11 is -1.08. The van der Waals surface area contributed by atoms with Gasteiger partial charge < -0.3 is 0 Å². The van der Waals surface area contributed by atoms with Gasteiger partial charge >= 0.3 is 63.1 Å².